The Hall–Kier alpha value is -2.40. The number of nitrogens with one attached hydrogen (secondary N) is 1. The van der Waals surface area contributed by atoms with Crippen molar-refractivity contribution in [3.05, 3.63) is 52.8 Å². The molecule has 100 valence electrons. The van der Waals surface area contributed by atoms with E-state index >= 15 is 0 Å². The Balaban J connectivity index is 2.20. The summed E-state index contributed by atoms with van der Waals surface area (Å²) >= 11 is 5.63. The molecular weight excluding hydrogens is 283 g/mol. The lowest BCUT2D eigenvalue weighted by atomic mass is 10.2. The average molecular weight is 291 g/mol. The van der Waals surface area contributed by atoms with Crippen LogP contribution in [0.4, 0.5) is 4.39 Å². The summed E-state index contributed by atoms with van der Waals surface area (Å²) in [5.74, 6) is -1.22. The van der Waals surface area contributed by atoms with Crippen LogP contribution in [0.3, 0.4) is 0 Å². The highest BCUT2D eigenvalue weighted by Gasteiger charge is 2.13. The van der Waals surface area contributed by atoms with Gasteiger partial charge in [0.05, 0.1) is 16.1 Å². The molecule has 3 rings (SSSR count). The fourth-order valence-electron chi connectivity index (χ4n) is 1.98. The summed E-state index contributed by atoms with van der Waals surface area (Å²) in [6.07, 6.45) is 0. The van der Waals surface area contributed by atoms with Gasteiger partial charge in [0.1, 0.15) is 17.2 Å². The Kier molecular flexibility index (Phi) is 2.91. The fourth-order valence-corrected chi connectivity index (χ4v) is 2.10. The number of aromatic nitrogens is 2. The van der Waals surface area contributed by atoms with Gasteiger partial charge in [-0.15, -0.1) is 0 Å². The molecule has 2 N–H and O–H groups in total. The maximum Gasteiger partial charge on any atom is 0.337 e. The summed E-state index contributed by atoms with van der Waals surface area (Å²) in [6.45, 7) is 0. The minimum absolute atomic E-state index is 0.0242. The number of carbonyl (C=O) groups is 1. The Morgan fingerprint density at radius 3 is 2.80 bits per heavy atom. The quantitative estimate of drug-likeness (QED) is 0.756. The van der Waals surface area contributed by atoms with Gasteiger partial charge in [-0.3, -0.25) is 0 Å². The molecule has 0 saturated heterocycles. The van der Waals surface area contributed by atoms with Gasteiger partial charge < -0.3 is 10.1 Å². The minimum Gasteiger partial charge on any atom is -0.478 e. The lowest BCUT2D eigenvalue weighted by Gasteiger charge is -1.98. The second-order valence-corrected chi connectivity index (χ2v) is 4.63. The maximum atomic E-state index is 13.5. The summed E-state index contributed by atoms with van der Waals surface area (Å²) in [4.78, 5) is 18.3. The molecule has 0 aliphatic carbocycles. The summed E-state index contributed by atoms with van der Waals surface area (Å²) in [5, 5.41) is 9.14. The Morgan fingerprint density at radius 2 is 2.10 bits per heavy atom. The van der Waals surface area contributed by atoms with Gasteiger partial charge in [0.2, 0.25) is 0 Å². The van der Waals surface area contributed by atoms with Crippen molar-refractivity contribution >= 4 is 28.6 Å². The molecule has 0 spiro atoms. The summed E-state index contributed by atoms with van der Waals surface area (Å²) < 4.78 is 13.5. The Morgan fingerprint density at radius 1 is 1.30 bits per heavy atom. The van der Waals surface area contributed by atoms with Gasteiger partial charge >= 0.3 is 5.97 Å². The molecule has 0 atom stereocenters. The van der Waals surface area contributed by atoms with Crippen molar-refractivity contribution in [1.29, 1.82) is 0 Å². The van der Waals surface area contributed by atoms with Crippen molar-refractivity contribution in [2.24, 2.45) is 0 Å². The number of carboxylic acid groups (broad SMARTS) is 1. The fraction of sp³-hybridized carbons (Fsp3) is 0. The molecule has 1 aromatic heterocycles. The number of hydrogen-bond acceptors (Lipinski definition) is 2. The van der Waals surface area contributed by atoms with E-state index in [1.807, 2.05) is 0 Å². The van der Waals surface area contributed by atoms with Gasteiger partial charge in [-0.25, -0.2) is 14.2 Å². The number of carboxylic acids is 1. The van der Waals surface area contributed by atoms with E-state index in [0.29, 0.717) is 22.4 Å². The van der Waals surface area contributed by atoms with E-state index in [2.05, 4.69) is 9.97 Å². The molecule has 20 heavy (non-hydrogen) atoms. The van der Waals surface area contributed by atoms with Crippen LogP contribution in [-0.2, 0) is 0 Å². The molecule has 0 bridgehead atoms. The van der Waals surface area contributed by atoms with E-state index in [1.54, 1.807) is 18.2 Å². The number of rotatable bonds is 2. The first-order chi connectivity index (χ1) is 9.56. The van der Waals surface area contributed by atoms with Crippen LogP contribution < -0.4 is 0 Å². The number of aromatic amines is 1. The number of H-pyrrole nitrogens is 1. The van der Waals surface area contributed by atoms with E-state index in [4.69, 9.17) is 16.7 Å². The molecule has 3 aromatic rings. The van der Waals surface area contributed by atoms with Crippen LogP contribution in [0.15, 0.2) is 36.4 Å². The van der Waals surface area contributed by atoms with Crippen LogP contribution >= 0.6 is 11.6 Å². The number of para-hydroxylation sites is 1. The number of aromatic carboxylic acids is 1. The lowest BCUT2D eigenvalue weighted by molar-refractivity contribution is 0.0699. The molecule has 2 aromatic carbocycles. The van der Waals surface area contributed by atoms with Gasteiger partial charge in [-0.2, -0.15) is 0 Å². The monoisotopic (exact) mass is 290 g/mol. The molecule has 0 saturated carbocycles. The zero-order chi connectivity index (χ0) is 14.3. The zero-order valence-corrected chi connectivity index (χ0v) is 10.8. The molecule has 1 heterocycles. The normalized spacial score (nSPS) is 10.9. The van der Waals surface area contributed by atoms with Gasteiger partial charge in [0.15, 0.2) is 0 Å². The van der Waals surface area contributed by atoms with Crippen molar-refractivity contribution in [1.82, 2.24) is 9.97 Å². The smallest absolute Gasteiger partial charge is 0.337 e. The third kappa shape index (κ3) is 2.02. The predicted octanol–water partition coefficient (Wildman–Crippen LogP) is 3.72. The van der Waals surface area contributed by atoms with E-state index in [-0.39, 0.29) is 10.6 Å². The van der Waals surface area contributed by atoms with Crippen LogP contribution in [0.25, 0.3) is 22.4 Å². The van der Waals surface area contributed by atoms with Crippen molar-refractivity contribution in [2.45, 2.75) is 0 Å². The molecule has 0 aliphatic heterocycles. The Labute approximate surface area is 117 Å². The van der Waals surface area contributed by atoms with E-state index in [9.17, 15) is 9.18 Å². The predicted molar refractivity (Wildman–Crippen MR) is 73.5 cm³/mol. The topological polar surface area (TPSA) is 66.0 Å². The second-order valence-electron chi connectivity index (χ2n) is 4.22. The Bertz CT molecular complexity index is 829. The van der Waals surface area contributed by atoms with Crippen molar-refractivity contribution in [3.8, 4) is 11.4 Å². The first-order valence-corrected chi connectivity index (χ1v) is 6.11. The first kappa shape index (κ1) is 12.6. The van der Waals surface area contributed by atoms with Crippen LogP contribution in [-0.4, -0.2) is 21.0 Å². The largest absolute Gasteiger partial charge is 0.478 e. The third-order valence-corrected chi connectivity index (χ3v) is 3.24. The van der Waals surface area contributed by atoms with Gasteiger partial charge in [0.25, 0.3) is 0 Å². The molecular formula is C14H8ClFN2O2. The van der Waals surface area contributed by atoms with Gasteiger partial charge in [-0.1, -0.05) is 17.7 Å². The second kappa shape index (κ2) is 4.61. The van der Waals surface area contributed by atoms with Crippen molar-refractivity contribution in [2.75, 3.05) is 0 Å². The highest BCUT2D eigenvalue weighted by atomic mass is 35.5. The zero-order valence-electron chi connectivity index (χ0n) is 10.0. The third-order valence-electron chi connectivity index (χ3n) is 2.94. The number of fused-ring (bicyclic) bond motifs is 1. The standard InChI is InChI=1S/C14H8ClFN2O2/c15-9-5-4-7(6-10(9)16)13-17-11-3-1-2-8(14(19)20)12(11)18-13/h1-6H,(H,17,18)(H,19,20). The van der Waals surface area contributed by atoms with Crippen LogP contribution in [0.1, 0.15) is 10.4 Å². The number of nitrogens with zero attached hydrogens (tertiary/aromatic N) is 1. The first-order valence-electron chi connectivity index (χ1n) is 5.73. The van der Waals surface area contributed by atoms with Crippen LogP contribution in [0, 0.1) is 5.82 Å². The van der Waals surface area contributed by atoms with Gasteiger partial charge in [0, 0.05) is 5.56 Å². The molecule has 0 fully saturated rings. The van der Waals surface area contributed by atoms with Gasteiger partial charge in [-0.05, 0) is 30.3 Å². The average Bonchev–Trinajstić information content (AvgIpc) is 2.85. The summed E-state index contributed by atoms with van der Waals surface area (Å²) in [5.41, 5.74) is 1.51. The molecule has 0 radical (unpaired) electrons. The molecule has 0 aliphatic rings. The SMILES string of the molecule is O=C(O)c1cccc2[nH]c(-c3ccc(Cl)c(F)c3)nc12. The van der Waals surface area contributed by atoms with Crippen molar-refractivity contribution < 1.29 is 14.3 Å². The van der Waals surface area contributed by atoms with E-state index in [1.165, 1.54) is 18.2 Å². The number of halogens is 2. The highest BCUT2D eigenvalue weighted by molar-refractivity contribution is 6.30. The number of benzene rings is 2. The lowest BCUT2D eigenvalue weighted by Crippen LogP contribution is -1.96. The molecule has 0 unspecified atom stereocenters. The van der Waals surface area contributed by atoms with Crippen LogP contribution in [0.5, 0.6) is 0 Å². The molecule has 6 heteroatoms. The number of hydrogen-bond donors (Lipinski definition) is 2. The molecule has 4 nitrogen and oxygen atoms in total. The van der Waals surface area contributed by atoms with E-state index in [0.717, 1.165) is 0 Å². The summed E-state index contributed by atoms with van der Waals surface area (Å²) in [7, 11) is 0. The minimum atomic E-state index is -1.06. The highest BCUT2D eigenvalue weighted by Crippen LogP contribution is 2.25. The maximum absolute atomic E-state index is 13.5. The summed E-state index contributed by atoms with van der Waals surface area (Å²) in [6, 6.07) is 9.10. The molecule has 0 amide bonds. The van der Waals surface area contributed by atoms with Crippen molar-refractivity contribution in [3.63, 3.8) is 0 Å². The van der Waals surface area contributed by atoms with Crippen LogP contribution in [0.2, 0.25) is 5.02 Å². The number of imidazole rings is 1. The van der Waals surface area contributed by atoms with E-state index < -0.39 is 11.8 Å².